The minimum absolute atomic E-state index is 0.0842. The highest BCUT2D eigenvalue weighted by molar-refractivity contribution is 5.83. The lowest BCUT2D eigenvalue weighted by atomic mass is 10.2. The molecular formula is C11H13F6N. The fourth-order valence-corrected chi connectivity index (χ4v) is 1.05. The molecule has 0 rings (SSSR count). The molecule has 0 aliphatic heterocycles. The molecule has 0 N–H and O–H groups in total. The van der Waals surface area contributed by atoms with Crippen LogP contribution in [0, 0.1) is 0 Å². The highest BCUT2D eigenvalue weighted by Crippen LogP contribution is 2.32. The first-order valence-corrected chi connectivity index (χ1v) is 5.07. The molecule has 7 heteroatoms. The topological polar surface area (TPSA) is 12.4 Å². The highest BCUT2D eigenvalue weighted by atomic mass is 19.4. The Bertz CT molecular complexity index is 359. The molecule has 0 aliphatic carbocycles. The van der Waals surface area contributed by atoms with Gasteiger partial charge in [0.25, 0.3) is 0 Å². The van der Waals surface area contributed by atoms with Gasteiger partial charge >= 0.3 is 12.4 Å². The van der Waals surface area contributed by atoms with Crippen molar-refractivity contribution in [2.24, 2.45) is 4.99 Å². The largest absolute Gasteiger partial charge is 0.433 e. The number of allylic oxidation sites excluding steroid dienone is 3. The fraction of sp³-hybridized carbons (Fsp3) is 0.545. The summed E-state index contributed by atoms with van der Waals surface area (Å²) in [5, 5.41) is 0. The van der Waals surface area contributed by atoms with Gasteiger partial charge in [0.2, 0.25) is 0 Å². The predicted molar refractivity (Wildman–Crippen MR) is 57.4 cm³/mol. The summed E-state index contributed by atoms with van der Waals surface area (Å²) in [6.45, 7) is 5.62. The molecule has 0 heterocycles. The maximum Gasteiger partial charge on any atom is 0.433 e. The van der Waals surface area contributed by atoms with Gasteiger partial charge in [-0.15, -0.1) is 0 Å². The van der Waals surface area contributed by atoms with E-state index in [9.17, 15) is 26.3 Å². The number of halogens is 6. The monoisotopic (exact) mass is 273 g/mol. The summed E-state index contributed by atoms with van der Waals surface area (Å²) in [5.74, 6) is 0. The lowest BCUT2D eigenvalue weighted by molar-refractivity contribution is -0.0959. The summed E-state index contributed by atoms with van der Waals surface area (Å²) in [7, 11) is 0. The minimum Gasteiger partial charge on any atom is -0.253 e. The van der Waals surface area contributed by atoms with Crippen LogP contribution in [0.1, 0.15) is 26.7 Å². The Kier molecular flexibility index (Phi) is 5.63. The van der Waals surface area contributed by atoms with E-state index in [0.717, 1.165) is 0 Å². The third kappa shape index (κ3) is 5.88. The molecule has 0 radical (unpaired) electrons. The molecule has 0 saturated heterocycles. The molecule has 0 spiro atoms. The van der Waals surface area contributed by atoms with Gasteiger partial charge in [-0.1, -0.05) is 19.9 Å². The molecule has 0 aromatic carbocycles. The van der Waals surface area contributed by atoms with Crippen LogP contribution >= 0.6 is 0 Å². The Hall–Kier alpha value is -1.27. The van der Waals surface area contributed by atoms with Gasteiger partial charge in [0.05, 0.1) is 5.57 Å². The SMILES string of the molecule is C=C(/C=C(\N=C(C)CCC)C(F)(F)F)C(F)(F)F. The maximum absolute atomic E-state index is 12.5. The Morgan fingerprint density at radius 3 is 1.94 bits per heavy atom. The first-order chi connectivity index (χ1) is 7.98. The third-order valence-corrected chi connectivity index (χ3v) is 1.89. The zero-order chi connectivity index (χ0) is 14.6. The van der Waals surface area contributed by atoms with Crippen molar-refractivity contribution in [3.63, 3.8) is 0 Å². The third-order valence-electron chi connectivity index (χ3n) is 1.89. The zero-order valence-corrected chi connectivity index (χ0v) is 9.91. The summed E-state index contributed by atoms with van der Waals surface area (Å²) in [6, 6.07) is 0. The fourth-order valence-electron chi connectivity index (χ4n) is 1.05. The normalized spacial score (nSPS) is 14.9. The summed E-state index contributed by atoms with van der Waals surface area (Å²) < 4.78 is 73.8. The van der Waals surface area contributed by atoms with E-state index in [1.54, 1.807) is 6.92 Å². The van der Waals surface area contributed by atoms with Crippen LogP contribution in [0.15, 0.2) is 28.9 Å². The van der Waals surface area contributed by atoms with Gasteiger partial charge in [0, 0.05) is 5.71 Å². The number of aliphatic imine (C=N–C) groups is 1. The smallest absolute Gasteiger partial charge is 0.253 e. The number of hydrogen-bond acceptors (Lipinski definition) is 1. The van der Waals surface area contributed by atoms with Crippen LogP contribution < -0.4 is 0 Å². The minimum atomic E-state index is -4.94. The van der Waals surface area contributed by atoms with Crippen molar-refractivity contribution in [2.45, 2.75) is 39.0 Å². The second-order valence-corrected chi connectivity index (χ2v) is 3.65. The highest BCUT2D eigenvalue weighted by Gasteiger charge is 2.37. The number of hydrogen-bond donors (Lipinski definition) is 0. The van der Waals surface area contributed by atoms with Crippen LogP contribution in [0.25, 0.3) is 0 Å². The summed E-state index contributed by atoms with van der Waals surface area (Å²) in [5.41, 5.74) is -3.05. The number of nitrogens with zero attached hydrogens (tertiary/aromatic N) is 1. The first-order valence-electron chi connectivity index (χ1n) is 5.07. The van der Waals surface area contributed by atoms with Crippen molar-refractivity contribution in [3.8, 4) is 0 Å². The standard InChI is InChI=1S/C11H13F6N/c1-4-5-8(3)18-9(11(15,16)17)6-7(2)10(12,13)14/h6H,2,4-5H2,1,3H3/b9-6-,18-8?. The van der Waals surface area contributed by atoms with Gasteiger partial charge in [0.15, 0.2) is 0 Å². The van der Waals surface area contributed by atoms with Gasteiger partial charge in [-0.05, 0) is 19.4 Å². The van der Waals surface area contributed by atoms with Crippen molar-refractivity contribution in [3.05, 3.63) is 23.9 Å². The molecule has 0 aliphatic rings. The molecule has 0 unspecified atom stereocenters. The van der Waals surface area contributed by atoms with E-state index in [4.69, 9.17) is 0 Å². The van der Waals surface area contributed by atoms with Gasteiger partial charge in [-0.25, -0.2) is 0 Å². The van der Waals surface area contributed by atoms with Gasteiger partial charge in [-0.2, -0.15) is 26.3 Å². The average Bonchev–Trinajstić information content (AvgIpc) is 2.13. The zero-order valence-electron chi connectivity index (χ0n) is 9.91. The molecule has 1 nitrogen and oxygen atoms in total. The summed E-state index contributed by atoms with van der Waals surface area (Å²) in [6.07, 6.45) is -9.08. The van der Waals surface area contributed by atoms with Crippen molar-refractivity contribution in [1.29, 1.82) is 0 Å². The summed E-state index contributed by atoms with van der Waals surface area (Å²) >= 11 is 0. The van der Waals surface area contributed by atoms with Crippen molar-refractivity contribution in [2.75, 3.05) is 0 Å². The first kappa shape index (κ1) is 16.7. The molecule has 0 saturated carbocycles. The van der Waals surface area contributed by atoms with E-state index in [2.05, 4.69) is 11.6 Å². The molecule has 104 valence electrons. The molecule has 0 aromatic heterocycles. The van der Waals surface area contributed by atoms with E-state index >= 15 is 0 Å². The lowest BCUT2D eigenvalue weighted by Crippen LogP contribution is -2.15. The quantitative estimate of drug-likeness (QED) is 0.396. The molecule has 18 heavy (non-hydrogen) atoms. The number of rotatable bonds is 4. The molecule has 0 atom stereocenters. The van der Waals surface area contributed by atoms with E-state index in [1.165, 1.54) is 6.92 Å². The Balaban J connectivity index is 5.34. The lowest BCUT2D eigenvalue weighted by Gasteiger charge is -2.11. The maximum atomic E-state index is 12.5. The van der Waals surface area contributed by atoms with Gasteiger partial charge < -0.3 is 0 Å². The van der Waals surface area contributed by atoms with Crippen LogP contribution in [0.4, 0.5) is 26.3 Å². The van der Waals surface area contributed by atoms with Gasteiger partial charge in [-0.3, -0.25) is 4.99 Å². The van der Waals surface area contributed by atoms with Crippen LogP contribution in [0.3, 0.4) is 0 Å². The van der Waals surface area contributed by atoms with Crippen molar-refractivity contribution in [1.82, 2.24) is 0 Å². The van der Waals surface area contributed by atoms with Crippen LogP contribution in [-0.2, 0) is 0 Å². The Morgan fingerprint density at radius 2 is 1.61 bits per heavy atom. The van der Waals surface area contributed by atoms with E-state index in [0.29, 0.717) is 6.42 Å². The van der Waals surface area contributed by atoms with Crippen LogP contribution in [0.5, 0.6) is 0 Å². The predicted octanol–water partition coefficient (Wildman–Crippen LogP) is 4.81. The molecule has 0 amide bonds. The van der Waals surface area contributed by atoms with E-state index in [1.807, 2.05) is 0 Å². The molecule has 0 fully saturated rings. The molecular weight excluding hydrogens is 260 g/mol. The summed E-state index contributed by atoms with van der Waals surface area (Å²) in [4.78, 5) is 3.18. The van der Waals surface area contributed by atoms with E-state index < -0.39 is 23.6 Å². The van der Waals surface area contributed by atoms with Crippen LogP contribution in [-0.4, -0.2) is 18.1 Å². The molecule has 0 bridgehead atoms. The molecule has 0 aromatic rings. The second kappa shape index (κ2) is 6.06. The second-order valence-electron chi connectivity index (χ2n) is 3.65. The van der Waals surface area contributed by atoms with Gasteiger partial charge in [0.1, 0.15) is 5.70 Å². The Labute approximate surface area is 101 Å². The van der Waals surface area contributed by atoms with Crippen molar-refractivity contribution >= 4 is 5.71 Å². The number of alkyl halides is 6. The van der Waals surface area contributed by atoms with E-state index in [-0.39, 0.29) is 18.2 Å². The Morgan fingerprint density at radius 1 is 1.11 bits per heavy atom. The van der Waals surface area contributed by atoms with Crippen molar-refractivity contribution < 1.29 is 26.3 Å². The average molecular weight is 273 g/mol. The van der Waals surface area contributed by atoms with Crippen LogP contribution in [0.2, 0.25) is 0 Å².